The Kier molecular flexibility index (Phi) is 7.27. The van der Waals surface area contributed by atoms with Crippen molar-refractivity contribution in [3.63, 3.8) is 0 Å². The Morgan fingerprint density at radius 2 is 2.29 bits per heavy atom. The number of methoxy groups -OCH3 is 1. The van der Waals surface area contributed by atoms with Gasteiger partial charge in [-0.25, -0.2) is 0 Å². The maximum atomic E-state index is 11.1. The molecule has 0 spiro atoms. The SMILES string of the molecule is COC1=C(N=O)CC=CC(CCC(CC2CC(O)CCO2)N=O)=C1. The summed E-state index contributed by atoms with van der Waals surface area (Å²) in [6, 6.07) is -0.364. The molecule has 0 aromatic rings. The molecule has 7 heteroatoms. The molecule has 2 rings (SSSR count). The molecule has 7 nitrogen and oxygen atoms in total. The first-order valence-electron chi connectivity index (χ1n) is 8.26. The van der Waals surface area contributed by atoms with Crippen LogP contribution in [0.25, 0.3) is 0 Å². The highest BCUT2D eigenvalue weighted by Crippen LogP contribution is 2.25. The normalized spacial score (nSPS) is 25.7. The Morgan fingerprint density at radius 3 is 2.96 bits per heavy atom. The minimum absolute atomic E-state index is 0.115. The van der Waals surface area contributed by atoms with E-state index >= 15 is 0 Å². The van der Waals surface area contributed by atoms with E-state index in [0.717, 1.165) is 5.57 Å². The molecule has 2 aliphatic rings. The van der Waals surface area contributed by atoms with Crippen LogP contribution in [-0.2, 0) is 9.47 Å². The van der Waals surface area contributed by atoms with Gasteiger partial charge in [0.1, 0.15) is 11.5 Å². The lowest BCUT2D eigenvalue weighted by molar-refractivity contribution is -0.0487. The van der Waals surface area contributed by atoms with E-state index < -0.39 is 0 Å². The molecule has 1 fully saturated rings. The monoisotopic (exact) mass is 336 g/mol. The molecule has 0 aromatic heterocycles. The lowest BCUT2D eigenvalue weighted by Crippen LogP contribution is -2.31. The van der Waals surface area contributed by atoms with Gasteiger partial charge >= 0.3 is 0 Å². The molecular formula is C17H24N2O5. The van der Waals surface area contributed by atoms with Crippen molar-refractivity contribution < 1.29 is 14.6 Å². The number of allylic oxidation sites excluding steroid dienone is 4. The van der Waals surface area contributed by atoms with Crippen molar-refractivity contribution in [2.45, 2.75) is 56.8 Å². The molecular weight excluding hydrogens is 312 g/mol. The van der Waals surface area contributed by atoms with E-state index in [4.69, 9.17) is 9.47 Å². The van der Waals surface area contributed by atoms with Gasteiger partial charge in [0.15, 0.2) is 0 Å². The molecule has 0 aromatic carbocycles. The third kappa shape index (κ3) is 5.35. The summed E-state index contributed by atoms with van der Waals surface area (Å²) in [6.07, 6.45) is 8.45. The molecule has 0 amide bonds. The Bertz CT molecular complexity index is 541. The number of ether oxygens (including phenoxy) is 2. The van der Waals surface area contributed by atoms with Gasteiger partial charge in [-0.15, -0.1) is 4.91 Å². The van der Waals surface area contributed by atoms with Crippen molar-refractivity contribution in [1.82, 2.24) is 0 Å². The number of aliphatic hydroxyl groups excluding tert-OH is 1. The molecule has 3 unspecified atom stereocenters. The standard InChI is InChI=1S/C17H24N2O5/c1-23-17-9-12(3-2-4-16(17)19-22)5-6-13(18-21)10-15-11-14(20)7-8-24-15/h2-3,9,13-15,20H,4-8,10-11H2,1H3. The summed E-state index contributed by atoms with van der Waals surface area (Å²) in [4.78, 5) is 21.9. The van der Waals surface area contributed by atoms with Crippen LogP contribution in [0.4, 0.5) is 0 Å². The molecule has 1 aliphatic carbocycles. The Balaban J connectivity index is 1.92. The van der Waals surface area contributed by atoms with Crippen LogP contribution in [0.15, 0.2) is 45.6 Å². The summed E-state index contributed by atoms with van der Waals surface area (Å²) in [5.74, 6) is 0.458. The van der Waals surface area contributed by atoms with Crippen LogP contribution in [0.2, 0.25) is 0 Å². The highest BCUT2D eigenvalue weighted by molar-refractivity contribution is 5.34. The van der Waals surface area contributed by atoms with E-state index in [0.29, 0.717) is 56.6 Å². The van der Waals surface area contributed by atoms with Crippen molar-refractivity contribution in [3.05, 3.63) is 45.1 Å². The van der Waals surface area contributed by atoms with Crippen molar-refractivity contribution in [3.8, 4) is 0 Å². The van der Waals surface area contributed by atoms with Crippen LogP contribution < -0.4 is 0 Å². The zero-order valence-corrected chi connectivity index (χ0v) is 13.9. The fourth-order valence-electron chi connectivity index (χ4n) is 3.01. The number of rotatable bonds is 8. The topological polar surface area (TPSA) is 97.6 Å². The molecule has 0 saturated carbocycles. The van der Waals surface area contributed by atoms with E-state index in [1.165, 1.54) is 7.11 Å². The number of nitrogens with zero attached hydrogens (tertiary/aromatic N) is 2. The average molecular weight is 336 g/mol. The van der Waals surface area contributed by atoms with Gasteiger partial charge in [-0.05, 0) is 48.9 Å². The molecule has 0 bridgehead atoms. The molecule has 1 saturated heterocycles. The van der Waals surface area contributed by atoms with Crippen LogP contribution in [0.5, 0.6) is 0 Å². The highest BCUT2D eigenvalue weighted by atomic mass is 16.5. The highest BCUT2D eigenvalue weighted by Gasteiger charge is 2.24. The van der Waals surface area contributed by atoms with Gasteiger partial charge < -0.3 is 14.6 Å². The zero-order chi connectivity index (χ0) is 17.4. The summed E-state index contributed by atoms with van der Waals surface area (Å²) < 4.78 is 10.8. The molecule has 1 heterocycles. The maximum Gasteiger partial charge on any atom is 0.144 e. The van der Waals surface area contributed by atoms with E-state index in [-0.39, 0.29) is 18.2 Å². The first-order chi connectivity index (χ1) is 11.7. The molecule has 1 N–H and O–H groups in total. The van der Waals surface area contributed by atoms with Gasteiger partial charge in [-0.3, -0.25) is 0 Å². The lowest BCUT2D eigenvalue weighted by atomic mass is 9.96. The summed E-state index contributed by atoms with van der Waals surface area (Å²) in [6.45, 7) is 0.523. The smallest absolute Gasteiger partial charge is 0.144 e. The van der Waals surface area contributed by atoms with Crippen LogP contribution in [-0.4, -0.2) is 37.1 Å². The molecule has 3 atom stereocenters. The van der Waals surface area contributed by atoms with Crippen molar-refractivity contribution in [2.24, 2.45) is 10.4 Å². The zero-order valence-electron chi connectivity index (χ0n) is 13.9. The summed E-state index contributed by atoms with van der Waals surface area (Å²) in [7, 11) is 1.50. The predicted molar refractivity (Wildman–Crippen MR) is 90.1 cm³/mol. The third-order valence-corrected chi connectivity index (χ3v) is 4.36. The number of hydrogen-bond acceptors (Lipinski definition) is 7. The second-order valence-corrected chi connectivity index (χ2v) is 6.14. The third-order valence-electron chi connectivity index (χ3n) is 4.36. The van der Waals surface area contributed by atoms with Gasteiger partial charge in [-0.2, -0.15) is 4.91 Å². The lowest BCUT2D eigenvalue weighted by Gasteiger charge is -2.27. The van der Waals surface area contributed by atoms with Crippen molar-refractivity contribution in [1.29, 1.82) is 0 Å². The Hall–Kier alpha value is -1.86. The molecule has 0 radical (unpaired) electrons. The summed E-state index contributed by atoms with van der Waals surface area (Å²) >= 11 is 0. The number of aliphatic hydroxyl groups is 1. The van der Waals surface area contributed by atoms with E-state index in [2.05, 4.69) is 10.4 Å². The van der Waals surface area contributed by atoms with E-state index in [9.17, 15) is 14.9 Å². The Labute approximate surface area is 141 Å². The van der Waals surface area contributed by atoms with Gasteiger partial charge in [-0.1, -0.05) is 17.3 Å². The van der Waals surface area contributed by atoms with Crippen LogP contribution >= 0.6 is 0 Å². The first kappa shape index (κ1) is 18.5. The van der Waals surface area contributed by atoms with Crippen LogP contribution in [0.3, 0.4) is 0 Å². The van der Waals surface area contributed by atoms with E-state index in [1.54, 1.807) is 6.08 Å². The van der Waals surface area contributed by atoms with Gasteiger partial charge in [0.05, 0.1) is 25.4 Å². The van der Waals surface area contributed by atoms with E-state index in [1.807, 2.05) is 12.2 Å². The minimum Gasteiger partial charge on any atom is -0.495 e. The predicted octanol–water partition coefficient (Wildman–Crippen LogP) is 3.34. The number of nitroso groups, excluding NO2 is 2. The summed E-state index contributed by atoms with van der Waals surface area (Å²) in [5, 5.41) is 15.9. The Morgan fingerprint density at radius 1 is 1.46 bits per heavy atom. The average Bonchev–Trinajstić information content (AvgIpc) is 2.80. The van der Waals surface area contributed by atoms with Crippen LogP contribution in [0, 0.1) is 9.81 Å². The second-order valence-electron chi connectivity index (χ2n) is 6.14. The second kappa shape index (κ2) is 9.44. The van der Waals surface area contributed by atoms with Crippen molar-refractivity contribution in [2.75, 3.05) is 13.7 Å². The fourth-order valence-corrected chi connectivity index (χ4v) is 3.01. The number of hydrogen-bond donors (Lipinski definition) is 1. The molecule has 1 aliphatic heterocycles. The quantitative estimate of drug-likeness (QED) is 0.686. The first-order valence-corrected chi connectivity index (χ1v) is 8.26. The fraction of sp³-hybridized carbons (Fsp3) is 0.647. The van der Waals surface area contributed by atoms with Gasteiger partial charge in [0.2, 0.25) is 0 Å². The summed E-state index contributed by atoms with van der Waals surface area (Å²) in [5.41, 5.74) is 1.32. The minimum atomic E-state index is -0.364. The maximum absolute atomic E-state index is 11.1. The molecule has 24 heavy (non-hydrogen) atoms. The van der Waals surface area contributed by atoms with Gasteiger partial charge in [0.25, 0.3) is 0 Å². The largest absolute Gasteiger partial charge is 0.495 e. The van der Waals surface area contributed by atoms with Gasteiger partial charge in [0, 0.05) is 13.0 Å². The van der Waals surface area contributed by atoms with Crippen molar-refractivity contribution >= 4 is 0 Å². The molecule has 132 valence electrons. The van der Waals surface area contributed by atoms with Crippen LogP contribution in [0.1, 0.15) is 38.5 Å².